The fraction of sp³-hybridized carbons (Fsp3) is 0.348. The van der Waals surface area contributed by atoms with Crippen molar-refractivity contribution in [2.45, 2.75) is 39.5 Å². The van der Waals surface area contributed by atoms with Gasteiger partial charge in [-0.1, -0.05) is 35.4 Å². The number of hydrogen-bond acceptors (Lipinski definition) is 4. The molecule has 0 aliphatic carbocycles. The summed E-state index contributed by atoms with van der Waals surface area (Å²) in [6.07, 6.45) is -0.737. The minimum absolute atomic E-state index is 0.0253. The van der Waals surface area contributed by atoms with E-state index in [1.807, 2.05) is 13.0 Å². The van der Waals surface area contributed by atoms with Gasteiger partial charge in [-0.05, 0) is 44.0 Å². The lowest BCUT2D eigenvalue weighted by Crippen LogP contribution is -2.15. The molecule has 4 nitrogen and oxygen atoms in total. The van der Waals surface area contributed by atoms with Crippen molar-refractivity contribution in [1.29, 1.82) is 0 Å². The first-order chi connectivity index (χ1) is 14.5. The van der Waals surface area contributed by atoms with Crippen LogP contribution in [0.2, 0.25) is 5.02 Å². The van der Waals surface area contributed by atoms with Gasteiger partial charge in [0.25, 0.3) is 5.95 Å². The zero-order valence-corrected chi connectivity index (χ0v) is 18.3. The third-order valence-corrected chi connectivity index (χ3v) is 5.43. The molecule has 31 heavy (non-hydrogen) atoms. The minimum atomic E-state index is -4.44. The summed E-state index contributed by atoms with van der Waals surface area (Å²) in [6, 6.07) is 3.26. The number of hydrogen-bond donors (Lipinski definition) is 0. The van der Waals surface area contributed by atoms with Crippen LogP contribution in [0, 0.1) is 13.8 Å². The van der Waals surface area contributed by atoms with Gasteiger partial charge in [-0.25, -0.2) is 0 Å². The minimum Gasteiger partial charge on any atom is -0.468 e. The molecule has 1 aromatic carbocycles. The molecule has 0 saturated carbocycles. The largest absolute Gasteiger partial charge is 0.468 e. The quantitative estimate of drug-likeness (QED) is 0.534. The molecule has 1 aliphatic rings. The Hall–Kier alpha value is -2.51. The Morgan fingerprint density at radius 3 is 2.58 bits per heavy atom. The van der Waals surface area contributed by atoms with Crippen molar-refractivity contribution >= 4 is 17.7 Å². The Morgan fingerprint density at radius 1 is 1.26 bits per heavy atom. The lowest BCUT2D eigenvalue weighted by Gasteiger charge is -2.13. The Morgan fingerprint density at radius 2 is 1.97 bits per heavy atom. The molecule has 0 amide bonds. The first kappa shape index (κ1) is 23.2. The molecule has 1 saturated heterocycles. The summed E-state index contributed by atoms with van der Waals surface area (Å²) in [5, 5.41) is 0.0253. The van der Waals surface area contributed by atoms with Gasteiger partial charge < -0.3 is 13.9 Å². The second-order valence-corrected chi connectivity index (χ2v) is 7.87. The average molecular weight is 455 g/mol. The van der Waals surface area contributed by atoms with Crippen LogP contribution in [0.15, 0.2) is 44.6 Å². The summed E-state index contributed by atoms with van der Waals surface area (Å²) in [4.78, 5) is 12.4. The van der Waals surface area contributed by atoms with Crippen molar-refractivity contribution in [3.05, 3.63) is 78.7 Å². The highest BCUT2D eigenvalue weighted by molar-refractivity contribution is 6.32. The Bertz CT molecular complexity index is 1110. The third-order valence-electron chi connectivity index (χ3n) is 5.10. The summed E-state index contributed by atoms with van der Waals surface area (Å²) in [5.74, 6) is 0.600. The summed E-state index contributed by atoms with van der Waals surface area (Å²) in [5.41, 5.74) is 2.21. The average Bonchev–Trinajstić information content (AvgIpc) is 3.15. The van der Waals surface area contributed by atoms with Gasteiger partial charge in [0.15, 0.2) is 5.43 Å². The lowest BCUT2D eigenvalue weighted by atomic mass is 10.0. The standard InChI is InChI=1S/C23H22ClF3O4/c1-12(8-16-5-6-17(10-18(16)24)23(25,26)27)7-15-9-19(30-11-15)21-13(2)20(28)14(3)22(29-4)31-21/h5-8,10,19H,9,11H2,1-4H3/b12-8+,15-7-/t19-/m1/s1. The molecule has 2 aromatic rings. The summed E-state index contributed by atoms with van der Waals surface area (Å²) >= 11 is 6.03. The first-order valence-corrected chi connectivity index (χ1v) is 9.93. The molecule has 2 heterocycles. The van der Waals surface area contributed by atoms with Crippen LogP contribution in [-0.2, 0) is 10.9 Å². The maximum atomic E-state index is 12.8. The number of methoxy groups -OCH3 is 1. The van der Waals surface area contributed by atoms with Crippen LogP contribution in [0.25, 0.3) is 6.08 Å². The van der Waals surface area contributed by atoms with Crippen LogP contribution in [0.3, 0.4) is 0 Å². The highest BCUT2D eigenvalue weighted by Crippen LogP contribution is 2.36. The molecular weight excluding hydrogens is 433 g/mol. The van der Waals surface area contributed by atoms with Crippen molar-refractivity contribution in [2.75, 3.05) is 13.7 Å². The van der Waals surface area contributed by atoms with E-state index in [-0.39, 0.29) is 16.4 Å². The number of rotatable bonds is 4. The van der Waals surface area contributed by atoms with Gasteiger partial charge in [0, 0.05) is 17.0 Å². The smallest absolute Gasteiger partial charge is 0.416 e. The summed E-state index contributed by atoms with van der Waals surface area (Å²) in [7, 11) is 1.44. The van der Waals surface area contributed by atoms with Crippen LogP contribution in [0.1, 0.15) is 47.5 Å². The van der Waals surface area contributed by atoms with E-state index >= 15 is 0 Å². The molecule has 1 aromatic heterocycles. The van der Waals surface area contributed by atoms with Gasteiger partial charge in [-0.2, -0.15) is 13.2 Å². The highest BCUT2D eigenvalue weighted by Gasteiger charge is 2.31. The van der Waals surface area contributed by atoms with E-state index in [2.05, 4.69) is 0 Å². The summed E-state index contributed by atoms with van der Waals surface area (Å²) in [6.45, 7) is 5.50. The van der Waals surface area contributed by atoms with E-state index in [9.17, 15) is 18.0 Å². The van der Waals surface area contributed by atoms with Crippen LogP contribution >= 0.6 is 11.6 Å². The molecule has 0 bridgehead atoms. The molecule has 0 spiro atoms. The normalized spacial score (nSPS) is 18.6. The molecule has 0 N–H and O–H groups in total. The van der Waals surface area contributed by atoms with E-state index in [0.717, 1.165) is 23.3 Å². The van der Waals surface area contributed by atoms with E-state index in [4.69, 9.17) is 25.5 Å². The van der Waals surface area contributed by atoms with E-state index in [0.29, 0.717) is 35.5 Å². The number of allylic oxidation sites excluding steroid dienone is 2. The predicted molar refractivity (Wildman–Crippen MR) is 113 cm³/mol. The maximum absolute atomic E-state index is 12.8. The molecule has 166 valence electrons. The number of alkyl halides is 3. The molecule has 1 aliphatic heterocycles. The van der Waals surface area contributed by atoms with Gasteiger partial charge >= 0.3 is 6.18 Å². The van der Waals surface area contributed by atoms with Gasteiger partial charge in [0.05, 0.1) is 24.8 Å². The molecule has 3 rings (SSSR count). The fourth-order valence-electron chi connectivity index (χ4n) is 3.50. The Balaban J connectivity index is 1.81. The van der Waals surface area contributed by atoms with Crippen LogP contribution < -0.4 is 10.2 Å². The van der Waals surface area contributed by atoms with Crippen molar-refractivity contribution in [3.63, 3.8) is 0 Å². The van der Waals surface area contributed by atoms with Crippen molar-refractivity contribution in [3.8, 4) is 5.95 Å². The SMILES string of the molecule is COc1oc([C@H]2C/C(=C/C(C)=C/c3ccc(C(F)(F)F)cc3Cl)CO2)c(C)c(=O)c1C. The predicted octanol–water partition coefficient (Wildman–Crippen LogP) is 6.43. The Kier molecular flexibility index (Phi) is 6.67. The van der Waals surface area contributed by atoms with Gasteiger partial charge in [0.2, 0.25) is 0 Å². The summed E-state index contributed by atoms with van der Waals surface area (Å²) < 4.78 is 55.1. The van der Waals surface area contributed by atoms with Crippen LogP contribution in [0.5, 0.6) is 5.95 Å². The number of ether oxygens (including phenoxy) is 2. The second kappa shape index (κ2) is 8.93. The lowest BCUT2D eigenvalue weighted by molar-refractivity contribution is -0.137. The number of benzene rings is 1. The molecule has 1 fully saturated rings. The zero-order valence-electron chi connectivity index (χ0n) is 17.5. The van der Waals surface area contributed by atoms with Crippen molar-refractivity contribution in [1.82, 2.24) is 0 Å². The first-order valence-electron chi connectivity index (χ1n) is 9.55. The Labute approximate surface area is 182 Å². The van der Waals surface area contributed by atoms with Gasteiger partial charge in [0.1, 0.15) is 11.9 Å². The van der Waals surface area contributed by atoms with E-state index in [1.165, 1.54) is 13.2 Å². The molecule has 1 atom stereocenters. The zero-order chi connectivity index (χ0) is 22.9. The van der Waals surface area contributed by atoms with Gasteiger partial charge in [-0.3, -0.25) is 4.79 Å². The van der Waals surface area contributed by atoms with Crippen molar-refractivity contribution < 1.29 is 27.1 Å². The van der Waals surface area contributed by atoms with Crippen molar-refractivity contribution in [2.24, 2.45) is 0 Å². The molecule has 0 radical (unpaired) electrons. The number of halogens is 4. The highest BCUT2D eigenvalue weighted by atomic mass is 35.5. The topological polar surface area (TPSA) is 48.7 Å². The van der Waals surface area contributed by atoms with Crippen LogP contribution in [-0.4, -0.2) is 13.7 Å². The van der Waals surface area contributed by atoms with Gasteiger partial charge in [-0.15, -0.1) is 0 Å². The molecule has 0 unspecified atom stereocenters. The molecular formula is C23H22ClF3O4. The second-order valence-electron chi connectivity index (χ2n) is 7.47. The monoisotopic (exact) mass is 454 g/mol. The maximum Gasteiger partial charge on any atom is 0.416 e. The van der Waals surface area contributed by atoms with Crippen LogP contribution in [0.4, 0.5) is 13.2 Å². The van der Waals surface area contributed by atoms with E-state index in [1.54, 1.807) is 19.9 Å². The van der Waals surface area contributed by atoms with E-state index < -0.39 is 17.8 Å². The molecule has 8 heteroatoms. The third kappa shape index (κ3) is 5.05. The fourth-order valence-corrected chi connectivity index (χ4v) is 3.74.